The van der Waals surface area contributed by atoms with E-state index in [0.717, 1.165) is 11.3 Å². The fourth-order valence-corrected chi connectivity index (χ4v) is 2.36. The molecule has 0 saturated carbocycles. The Hall–Kier alpha value is -2.89. The van der Waals surface area contributed by atoms with Crippen molar-refractivity contribution >= 4 is 17.6 Å². The van der Waals surface area contributed by atoms with Crippen molar-refractivity contribution in [3.8, 4) is 0 Å². The van der Waals surface area contributed by atoms with Crippen LogP contribution in [-0.4, -0.2) is 30.0 Å². The van der Waals surface area contributed by atoms with Crippen LogP contribution in [0.1, 0.15) is 36.7 Å². The van der Waals surface area contributed by atoms with Crippen LogP contribution in [0.15, 0.2) is 48.8 Å². The third kappa shape index (κ3) is 5.60. The Morgan fingerprint density at radius 3 is 2.40 bits per heavy atom. The minimum Gasteiger partial charge on any atom is -0.350 e. The van der Waals surface area contributed by atoms with Gasteiger partial charge in [-0.15, -0.1) is 0 Å². The van der Waals surface area contributed by atoms with Gasteiger partial charge in [0.1, 0.15) is 0 Å². The summed E-state index contributed by atoms with van der Waals surface area (Å²) in [5, 5.41) is 8.33. The second kappa shape index (κ2) is 8.28. The van der Waals surface area contributed by atoms with Gasteiger partial charge >= 0.3 is 6.03 Å². The average molecular weight is 340 g/mol. The molecule has 0 bridgehead atoms. The molecule has 1 aromatic carbocycles. The number of aromatic nitrogens is 1. The number of hydrogen-bond donors (Lipinski definition) is 3. The van der Waals surface area contributed by atoms with Gasteiger partial charge in [0.25, 0.3) is 5.91 Å². The van der Waals surface area contributed by atoms with Crippen LogP contribution in [0.4, 0.5) is 10.5 Å². The molecule has 0 spiro atoms. The molecular formula is C19H24N4O2. The number of carbonyl (C=O) groups is 2. The highest BCUT2D eigenvalue weighted by Crippen LogP contribution is 2.29. The summed E-state index contributed by atoms with van der Waals surface area (Å²) in [5.74, 6) is -0.214. The van der Waals surface area contributed by atoms with Gasteiger partial charge in [-0.25, -0.2) is 4.79 Å². The number of hydrogen-bond acceptors (Lipinski definition) is 3. The van der Waals surface area contributed by atoms with Crippen LogP contribution in [0.5, 0.6) is 0 Å². The van der Waals surface area contributed by atoms with Crippen molar-refractivity contribution in [2.75, 3.05) is 18.4 Å². The van der Waals surface area contributed by atoms with Crippen LogP contribution in [-0.2, 0) is 5.41 Å². The van der Waals surface area contributed by atoms with Crippen LogP contribution in [0.2, 0.25) is 0 Å². The molecule has 3 N–H and O–H groups in total. The summed E-state index contributed by atoms with van der Waals surface area (Å²) in [6.07, 6.45) is 3.11. The highest BCUT2D eigenvalue weighted by molar-refractivity contribution is 5.94. The molecule has 3 amide bonds. The van der Waals surface area contributed by atoms with Gasteiger partial charge in [0.05, 0.1) is 5.56 Å². The van der Waals surface area contributed by atoms with Gasteiger partial charge in [0.15, 0.2) is 0 Å². The van der Waals surface area contributed by atoms with Gasteiger partial charge in [-0.1, -0.05) is 39.0 Å². The largest absolute Gasteiger partial charge is 0.350 e. The Labute approximate surface area is 148 Å². The topological polar surface area (TPSA) is 83.1 Å². The number of pyridine rings is 1. The van der Waals surface area contributed by atoms with Crippen molar-refractivity contribution < 1.29 is 9.59 Å². The standard InChI is InChI=1S/C19H24N4O2/c1-19(2,3)15-8-4-5-9-16(15)23-18(25)22-12-11-21-17(24)14-7-6-10-20-13-14/h4-10,13H,11-12H2,1-3H3,(H,21,24)(H2,22,23,25). The summed E-state index contributed by atoms with van der Waals surface area (Å²) < 4.78 is 0. The zero-order valence-electron chi connectivity index (χ0n) is 14.8. The quantitative estimate of drug-likeness (QED) is 0.732. The predicted molar refractivity (Wildman–Crippen MR) is 98.7 cm³/mol. The number of nitrogens with zero attached hydrogens (tertiary/aromatic N) is 1. The van der Waals surface area contributed by atoms with Crippen molar-refractivity contribution in [3.05, 3.63) is 59.9 Å². The Kier molecular flexibility index (Phi) is 6.11. The lowest BCUT2D eigenvalue weighted by Crippen LogP contribution is -2.37. The number of benzene rings is 1. The van der Waals surface area contributed by atoms with Crippen LogP contribution < -0.4 is 16.0 Å². The lowest BCUT2D eigenvalue weighted by molar-refractivity contribution is 0.0953. The minimum atomic E-state index is -0.299. The first-order chi connectivity index (χ1) is 11.9. The number of urea groups is 1. The maximum atomic E-state index is 12.1. The van der Waals surface area contributed by atoms with E-state index >= 15 is 0 Å². The van der Waals surface area contributed by atoms with Gasteiger partial charge in [-0.05, 0) is 29.2 Å². The summed E-state index contributed by atoms with van der Waals surface area (Å²) >= 11 is 0. The van der Waals surface area contributed by atoms with Gasteiger partial charge in [-0.2, -0.15) is 0 Å². The molecule has 0 fully saturated rings. The van der Waals surface area contributed by atoms with Crippen molar-refractivity contribution in [2.45, 2.75) is 26.2 Å². The molecule has 25 heavy (non-hydrogen) atoms. The van der Waals surface area contributed by atoms with Crippen LogP contribution in [0, 0.1) is 0 Å². The molecule has 0 unspecified atom stereocenters. The molecule has 0 aliphatic carbocycles. The number of para-hydroxylation sites is 1. The van der Waals surface area contributed by atoms with Gasteiger partial charge in [0, 0.05) is 31.2 Å². The molecule has 132 valence electrons. The fraction of sp³-hybridized carbons (Fsp3) is 0.316. The Morgan fingerprint density at radius 1 is 1.00 bits per heavy atom. The minimum absolute atomic E-state index is 0.0679. The van der Waals surface area contributed by atoms with Crippen LogP contribution >= 0.6 is 0 Å². The summed E-state index contributed by atoms with van der Waals surface area (Å²) in [7, 11) is 0. The zero-order chi connectivity index (χ0) is 18.3. The van der Waals surface area contributed by atoms with E-state index in [2.05, 4.69) is 41.7 Å². The zero-order valence-corrected chi connectivity index (χ0v) is 14.8. The predicted octanol–water partition coefficient (Wildman–Crippen LogP) is 2.93. The number of rotatable bonds is 5. The molecule has 0 aliphatic heterocycles. The second-order valence-electron chi connectivity index (χ2n) is 6.67. The van der Waals surface area contributed by atoms with E-state index in [-0.39, 0.29) is 17.4 Å². The molecule has 6 nitrogen and oxygen atoms in total. The van der Waals surface area contributed by atoms with Crippen LogP contribution in [0.25, 0.3) is 0 Å². The molecule has 0 aliphatic rings. The third-order valence-electron chi connectivity index (χ3n) is 3.60. The second-order valence-corrected chi connectivity index (χ2v) is 6.67. The van der Waals surface area contributed by atoms with E-state index in [0.29, 0.717) is 18.7 Å². The van der Waals surface area contributed by atoms with E-state index in [1.165, 1.54) is 6.20 Å². The lowest BCUT2D eigenvalue weighted by atomic mass is 9.86. The fourth-order valence-electron chi connectivity index (χ4n) is 2.36. The molecular weight excluding hydrogens is 316 g/mol. The van der Waals surface area contributed by atoms with Crippen molar-refractivity contribution in [1.29, 1.82) is 0 Å². The maximum Gasteiger partial charge on any atom is 0.319 e. The highest BCUT2D eigenvalue weighted by Gasteiger charge is 2.18. The first kappa shape index (κ1) is 18.4. The van der Waals surface area contributed by atoms with E-state index in [1.54, 1.807) is 18.3 Å². The van der Waals surface area contributed by atoms with E-state index in [9.17, 15) is 9.59 Å². The molecule has 0 saturated heterocycles. The van der Waals surface area contributed by atoms with E-state index in [4.69, 9.17) is 0 Å². The summed E-state index contributed by atoms with van der Waals surface area (Å²) in [6.45, 7) is 6.95. The normalized spacial score (nSPS) is 10.8. The first-order valence-electron chi connectivity index (χ1n) is 8.20. The molecule has 0 atom stereocenters. The average Bonchev–Trinajstić information content (AvgIpc) is 2.59. The summed E-state index contributed by atoms with van der Waals surface area (Å²) in [4.78, 5) is 27.8. The lowest BCUT2D eigenvalue weighted by Gasteiger charge is -2.23. The van der Waals surface area contributed by atoms with Gasteiger partial charge in [-0.3, -0.25) is 9.78 Å². The van der Waals surface area contributed by atoms with E-state index in [1.807, 2.05) is 24.3 Å². The monoisotopic (exact) mass is 340 g/mol. The number of anilines is 1. The molecule has 0 radical (unpaired) electrons. The van der Waals surface area contributed by atoms with Crippen molar-refractivity contribution in [1.82, 2.24) is 15.6 Å². The van der Waals surface area contributed by atoms with Gasteiger partial charge in [0.2, 0.25) is 0 Å². The van der Waals surface area contributed by atoms with Crippen LogP contribution in [0.3, 0.4) is 0 Å². The smallest absolute Gasteiger partial charge is 0.319 e. The first-order valence-corrected chi connectivity index (χ1v) is 8.20. The van der Waals surface area contributed by atoms with Crippen molar-refractivity contribution in [3.63, 3.8) is 0 Å². The summed E-state index contributed by atoms with van der Waals surface area (Å²) in [5.41, 5.74) is 2.27. The molecule has 2 rings (SSSR count). The molecule has 1 heterocycles. The number of carbonyl (C=O) groups excluding carboxylic acids is 2. The molecule has 1 aromatic heterocycles. The number of nitrogens with one attached hydrogen (secondary N) is 3. The number of amides is 3. The highest BCUT2D eigenvalue weighted by atomic mass is 16.2. The molecule has 2 aromatic rings. The molecule has 6 heteroatoms. The van der Waals surface area contributed by atoms with Crippen molar-refractivity contribution in [2.24, 2.45) is 0 Å². The maximum absolute atomic E-state index is 12.1. The van der Waals surface area contributed by atoms with Gasteiger partial charge < -0.3 is 16.0 Å². The SMILES string of the molecule is CC(C)(C)c1ccccc1NC(=O)NCCNC(=O)c1cccnc1. The Bertz CT molecular complexity index is 724. The third-order valence-corrected chi connectivity index (χ3v) is 3.60. The Morgan fingerprint density at radius 2 is 1.72 bits per heavy atom. The van der Waals surface area contributed by atoms with E-state index < -0.39 is 0 Å². The summed E-state index contributed by atoms with van der Waals surface area (Å²) in [6, 6.07) is 10.8. The Balaban J connectivity index is 1.79.